The summed E-state index contributed by atoms with van der Waals surface area (Å²) in [7, 11) is 1.41. The van der Waals surface area contributed by atoms with Crippen LogP contribution in [0.2, 0.25) is 0 Å². The van der Waals surface area contributed by atoms with Crippen LogP contribution >= 0.6 is 0 Å². The number of nitrogens with one attached hydrogen (secondary N) is 2. The number of likely N-dealkylation sites (tertiary alicyclic amines) is 1. The first kappa shape index (κ1) is 27.3. The number of likely N-dealkylation sites (N-methyl/N-ethyl adjacent to an activating group) is 1. The second-order valence-electron chi connectivity index (χ2n) is 10.2. The molecule has 0 radical (unpaired) electrons. The number of carbonyl (C=O) groups is 5. The Morgan fingerprint density at radius 2 is 1.74 bits per heavy atom. The van der Waals surface area contributed by atoms with Crippen LogP contribution in [0.15, 0.2) is 42.5 Å². The average Bonchev–Trinajstić information content (AvgIpc) is 3.32. The van der Waals surface area contributed by atoms with Gasteiger partial charge in [-0.15, -0.1) is 0 Å². The summed E-state index contributed by atoms with van der Waals surface area (Å²) in [5, 5.41) is 7.61. The van der Waals surface area contributed by atoms with Crippen LogP contribution in [0, 0.1) is 11.8 Å². The first-order chi connectivity index (χ1) is 18.1. The molecule has 1 aliphatic heterocycles. The minimum absolute atomic E-state index is 0.143. The Kier molecular flexibility index (Phi) is 8.11. The molecule has 202 valence electrons. The van der Waals surface area contributed by atoms with Gasteiger partial charge in [0.15, 0.2) is 11.9 Å². The van der Waals surface area contributed by atoms with Gasteiger partial charge < -0.3 is 26.2 Å². The van der Waals surface area contributed by atoms with E-state index in [1.165, 1.54) is 20.9 Å². The number of nitrogens with zero attached hydrogens (tertiary/aromatic N) is 2. The predicted molar refractivity (Wildman–Crippen MR) is 143 cm³/mol. The summed E-state index contributed by atoms with van der Waals surface area (Å²) in [5.41, 5.74) is 6.59. The van der Waals surface area contributed by atoms with E-state index in [2.05, 4.69) is 10.6 Å². The van der Waals surface area contributed by atoms with Crippen molar-refractivity contribution in [2.24, 2.45) is 17.6 Å². The van der Waals surface area contributed by atoms with Crippen molar-refractivity contribution in [2.45, 2.75) is 57.8 Å². The van der Waals surface area contributed by atoms with Gasteiger partial charge in [-0.3, -0.25) is 24.0 Å². The lowest BCUT2D eigenvalue weighted by molar-refractivity contribution is -0.142. The quantitative estimate of drug-likeness (QED) is 0.511. The van der Waals surface area contributed by atoms with E-state index < -0.39 is 36.0 Å². The van der Waals surface area contributed by atoms with Crippen LogP contribution in [0.1, 0.15) is 39.5 Å². The number of hydrogen-bond donors (Lipinski definition) is 3. The van der Waals surface area contributed by atoms with Crippen LogP contribution in [0.4, 0.5) is 5.69 Å². The molecule has 5 atom stereocenters. The number of anilines is 1. The van der Waals surface area contributed by atoms with E-state index in [-0.39, 0.29) is 23.5 Å². The highest BCUT2D eigenvalue weighted by atomic mass is 16.2. The molecule has 10 heteroatoms. The molecule has 2 aromatic rings. The van der Waals surface area contributed by atoms with E-state index in [0.29, 0.717) is 37.9 Å². The van der Waals surface area contributed by atoms with E-state index >= 15 is 0 Å². The molecule has 4 N–H and O–H groups in total. The molecule has 1 heterocycles. The predicted octanol–water partition coefficient (Wildman–Crippen LogP) is 1.63. The molecule has 1 saturated carbocycles. The minimum atomic E-state index is -1.25. The Labute approximate surface area is 221 Å². The van der Waals surface area contributed by atoms with Gasteiger partial charge in [-0.05, 0) is 37.1 Å². The van der Waals surface area contributed by atoms with Crippen LogP contribution in [0.5, 0.6) is 0 Å². The molecule has 38 heavy (non-hydrogen) atoms. The Bertz CT molecular complexity index is 1260. The van der Waals surface area contributed by atoms with Crippen LogP contribution in [-0.2, 0) is 24.0 Å². The number of benzene rings is 2. The normalized spacial score (nSPS) is 24.1. The number of amides is 4. The number of ketones is 1. The zero-order valence-corrected chi connectivity index (χ0v) is 22.0. The summed E-state index contributed by atoms with van der Waals surface area (Å²) in [6.07, 6.45) is 0.505. The fourth-order valence-corrected chi connectivity index (χ4v) is 5.74. The molecular weight excluding hydrogens is 486 g/mol. The highest BCUT2D eigenvalue weighted by Gasteiger charge is 2.50. The SMILES string of the molecule is CC(=O)N(C)[C@@H](N)C(=O)N[C@H]1CCCN(C(C)=O)[C@H]2CCC(C(=O)Nc3cccc4ccccc34)C2C1=O. The molecule has 2 fully saturated rings. The smallest absolute Gasteiger partial charge is 0.258 e. The van der Waals surface area contributed by atoms with E-state index in [9.17, 15) is 24.0 Å². The van der Waals surface area contributed by atoms with Gasteiger partial charge in [0, 0.05) is 44.6 Å². The lowest BCUT2D eigenvalue weighted by atomic mass is 9.82. The highest BCUT2D eigenvalue weighted by molar-refractivity contribution is 6.05. The molecule has 0 bridgehead atoms. The largest absolute Gasteiger partial charge is 0.343 e. The summed E-state index contributed by atoms with van der Waals surface area (Å²) in [5.74, 6) is -3.19. The van der Waals surface area contributed by atoms with Gasteiger partial charge in [0.2, 0.25) is 17.7 Å². The monoisotopic (exact) mass is 521 g/mol. The van der Waals surface area contributed by atoms with Crippen molar-refractivity contribution < 1.29 is 24.0 Å². The van der Waals surface area contributed by atoms with Crippen molar-refractivity contribution in [3.63, 3.8) is 0 Å². The second kappa shape index (κ2) is 11.3. The molecule has 2 aliphatic rings. The lowest BCUT2D eigenvalue weighted by Crippen LogP contribution is -2.59. The van der Waals surface area contributed by atoms with E-state index in [0.717, 1.165) is 15.7 Å². The molecule has 4 rings (SSSR count). The molecule has 1 aliphatic carbocycles. The first-order valence-corrected chi connectivity index (χ1v) is 13.0. The summed E-state index contributed by atoms with van der Waals surface area (Å²) in [6.45, 7) is 3.20. The zero-order chi connectivity index (χ0) is 27.6. The van der Waals surface area contributed by atoms with Crippen LogP contribution in [-0.4, -0.2) is 71.1 Å². The lowest BCUT2D eigenvalue weighted by Gasteiger charge is -2.38. The third-order valence-corrected chi connectivity index (χ3v) is 7.87. The fourth-order valence-electron chi connectivity index (χ4n) is 5.74. The van der Waals surface area contributed by atoms with Gasteiger partial charge in [-0.1, -0.05) is 36.4 Å². The maximum Gasteiger partial charge on any atom is 0.258 e. The summed E-state index contributed by atoms with van der Waals surface area (Å²) in [4.78, 5) is 67.3. The summed E-state index contributed by atoms with van der Waals surface area (Å²) >= 11 is 0. The number of rotatable bonds is 5. The standard InChI is InChI=1S/C28H35N5O5/c1-16(34)32(3)26(29)28(38)31-22-12-7-15-33(17(2)35)23-14-13-20(24(23)25(22)36)27(37)30-21-11-6-9-18-8-4-5-10-19(18)21/h4-6,8-11,20,22-24,26H,7,12-15,29H2,1-3H3,(H,30,37)(H,31,38)/t20?,22-,23-,24?,26+/m0/s1. The van der Waals surface area contributed by atoms with Crippen LogP contribution in [0.3, 0.4) is 0 Å². The highest BCUT2D eigenvalue weighted by Crippen LogP contribution is 2.39. The third kappa shape index (κ3) is 5.40. The van der Waals surface area contributed by atoms with Crippen molar-refractivity contribution in [3.05, 3.63) is 42.5 Å². The zero-order valence-electron chi connectivity index (χ0n) is 22.0. The molecule has 0 aromatic heterocycles. The molecule has 4 amide bonds. The van der Waals surface area contributed by atoms with Crippen LogP contribution < -0.4 is 16.4 Å². The number of fused-ring (bicyclic) bond motifs is 2. The molecule has 0 spiro atoms. The summed E-state index contributed by atoms with van der Waals surface area (Å²) in [6, 6.07) is 12.0. The third-order valence-electron chi connectivity index (χ3n) is 7.87. The van der Waals surface area contributed by atoms with Crippen LogP contribution in [0.25, 0.3) is 10.8 Å². The molecule has 10 nitrogen and oxygen atoms in total. The number of carbonyl (C=O) groups excluding carboxylic acids is 5. The second-order valence-corrected chi connectivity index (χ2v) is 10.2. The molecule has 2 aromatic carbocycles. The fraction of sp³-hybridized carbons (Fsp3) is 0.464. The van der Waals surface area contributed by atoms with Gasteiger partial charge >= 0.3 is 0 Å². The Morgan fingerprint density at radius 1 is 1.03 bits per heavy atom. The van der Waals surface area contributed by atoms with Gasteiger partial charge in [0.25, 0.3) is 5.91 Å². The van der Waals surface area contributed by atoms with E-state index in [1.807, 2.05) is 42.5 Å². The van der Waals surface area contributed by atoms with Gasteiger partial charge in [0.1, 0.15) is 0 Å². The topological polar surface area (TPSA) is 142 Å². The van der Waals surface area contributed by atoms with Crippen molar-refractivity contribution in [2.75, 3.05) is 18.9 Å². The van der Waals surface area contributed by atoms with Crippen molar-refractivity contribution in [1.29, 1.82) is 0 Å². The van der Waals surface area contributed by atoms with E-state index in [1.54, 1.807) is 4.90 Å². The maximum absolute atomic E-state index is 13.9. The van der Waals surface area contributed by atoms with E-state index in [4.69, 9.17) is 5.73 Å². The molecule has 2 unspecified atom stereocenters. The number of nitrogens with two attached hydrogens (primary N) is 1. The summed E-state index contributed by atoms with van der Waals surface area (Å²) < 4.78 is 0. The Hall–Kier alpha value is -3.79. The van der Waals surface area contributed by atoms with Crippen molar-refractivity contribution >= 4 is 45.9 Å². The number of hydrogen-bond acceptors (Lipinski definition) is 6. The Morgan fingerprint density at radius 3 is 2.45 bits per heavy atom. The minimum Gasteiger partial charge on any atom is -0.343 e. The van der Waals surface area contributed by atoms with Crippen molar-refractivity contribution in [3.8, 4) is 0 Å². The van der Waals surface area contributed by atoms with Crippen molar-refractivity contribution in [1.82, 2.24) is 15.1 Å². The molecular formula is C28H35N5O5. The number of Topliss-reactive ketones (excluding diaryl/α,β-unsaturated/α-hetero) is 1. The molecule has 1 saturated heterocycles. The first-order valence-electron chi connectivity index (χ1n) is 13.0. The average molecular weight is 522 g/mol. The van der Waals surface area contributed by atoms with Gasteiger partial charge in [-0.2, -0.15) is 0 Å². The van der Waals surface area contributed by atoms with Gasteiger partial charge in [0.05, 0.1) is 17.9 Å². The van der Waals surface area contributed by atoms with Gasteiger partial charge in [-0.25, -0.2) is 0 Å². The maximum atomic E-state index is 13.9. The Balaban J connectivity index is 1.60.